The van der Waals surface area contributed by atoms with Crippen LogP contribution in [0, 0.1) is 11.8 Å². The lowest BCUT2D eigenvalue weighted by atomic mass is 9.91. The Balaban J connectivity index is 1.35. The molecule has 3 heterocycles. The maximum absolute atomic E-state index is 5.55. The Morgan fingerprint density at radius 2 is 2.05 bits per heavy atom. The van der Waals surface area contributed by atoms with Crippen LogP contribution in [-0.2, 0) is 11.3 Å². The molecule has 22 heavy (non-hydrogen) atoms. The second-order valence-electron chi connectivity index (χ2n) is 6.54. The van der Waals surface area contributed by atoms with E-state index in [4.69, 9.17) is 4.74 Å². The molecular weight excluding hydrogens is 274 g/mol. The number of rotatable bonds is 4. The predicted molar refractivity (Wildman–Crippen MR) is 85.9 cm³/mol. The molecule has 1 aromatic carbocycles. The van der Waals surface area contributed by atoms with E-state index < -0.39 is 0 Å². The molecule has 2 unspecified atom stereocenters. The molecule has 2 saturated heterocycles. The smallest absolute Gasteiger partial charge is 0.0991 e. The number of nitrogens with zero attached hydrogens (tertiary/aromatic N) is 3. The molecule has 0 bridgehead atoms. The molecule has 0 N–H and O–H groups in total. The lowest BCUT2D eigenvalue weighted by Crippen LogP contribution is -2.23. The third-order valence-corrected chi connectivity index (χ3v) is 5.09. The number of imidazole rings is 1. The van der Waals surface area contributed by atoms with Crippen LogP contribution in [0.1, 0.15) is 18.4 Å². The molecule has 0 amide bonds. The molecule has 4 nitrogen and oxygen atoms in total. The van der Waals surface area contributed by atoms with Crippen molar-refractivity contribution in [3.05, 3.63) is 48.5 Å². The molecule has 0 radical (unpaired) electrons. The minimum absolute atomic E-state index is 0.800. The summed E-state index contributed by atoms with van der Waals surface area (Å²) in [5, 5.41) is 0. The van der Waals surface area contributed by atoms with Crippen molar-refractivity contribution in [2.24, 2.45) is 11.8 Å². The Morgan fingerprint density at radius 1 is 1.14 bits per heavy atom. The summed E-state index contributed by atoms with van der Waals surface area (Å²) < 4.78 is 7.58. The summed E-state index contributed by atoms with van der Waals surface area (Å²) in [5.74, 6) is 1.64. The summed E-state index contributed by atoms with van der Waals surface area (Å²) in [6.45, 7) is 5.48. The molecule has 0 saturated carbocycles. The van der Waals surface area contributed by atoms with Crippen LogP contribution < -0.4 is 0 Å². The van der Waals surface area contributed by atoms with E-state index in [0.717, 1.165) is 31.6 Å². The highest BCUT2D eigenvalue weighted by Crippen LogP contribution is 2.30. The van der Waals surface area contributed by atoms with Crippen molar-refractivity contribution in [3.8, 4) is 5.69 Å². The van der Waals surface area contributed by atoms with Crippen molar-refractivity contribution in [1.29, 1.82) is 0 Å². The van der Waals surface area contributed by atoms with Gasteiger partial charge < -0.3 is 9.30 Å². The lowest BCUT2D eigenvalue weighted by molar-refractivity contribution is 0.171. The Morgan fingerprint density at radius 3 is 2.77 bits per heavy atom. The van der Waals surface area contributed by atoms with Gasteiger partial charge in [0.25, 0.3) is 0 Å². The number of likely N-dealkylation sites (tertiary alicyclic amines) is 1. The fraction of sp³-hybridized carbons (Fsp3) is 0.500. The first-order valence-corrected chi connectivity index (χ1v) is 8.26. The zero-order valence-electron chi connectivity index (χ0n) is 12.9. The summed E-state index contributed by atoms with van der Waals surface area (Å²) in [7, 11) is 0. The van der Waals surface area contributed by atoms with Crippen molar-refractivity contribution in [3.63, 3.8) is 0 Å². The van der Waals surface area contributed by atoms with Crippen molar-refractivity contribution >= 4 is 0 Å². The van der Waals surface area contributed by atoms with Gasteiger partial charge in [-0.15, -0.1) is 0 Å². The number of ether oxygens (including phenoxy) is 1. The second-order valence-corrected chi connectivity index (χ2v) is 6.54. The van der Waals surface area contributed by atoms with Crippen LogP contribution >= 0.6 is 0 Å². The summed E-state index contributed by atoms with van der Waals surface area (Å²) in [4.78, 5) is 6.69. The van der Waals surface area contributed by atoms with Crippen LogP contribution in [0.25, 0.3) is 5.69 Å². The standard InChI is InChI=1S/C18H23N3O/c1-3-18(21-9-7-19-14-21)4-2-15(1)11-20-8-5-16(12-20)17-6-10-22-13-17/h1-4,7,9,14,16-17H,5-6,8,10-13H2. The summed E-state index contributed by atoms with van der Waals surface area (Å²) in [5.41, 5.74) is 2.57. The van der Waals surface area contributed by atoms with Gasteiger partial charge in [-0.3, -0.25) is 4.90 Å². The highest BCUT2D eigenvalue weighted by Gasteiger charge is 2.31. The Kier molecular flexibility index (Phi) is 3.95. The van der Waals surface area contributed by atoms with Gasteiger partial charge in [-0.2, -0.15) is 0 Å². The first kappa shape index (κ1) is 14.0. The lowest BCUT2D eigenvalue weighted by Gasteiger charge is -2.19. The zero-order valence-corrected chi connectivity index (χ0v) is 12.9. The molecule has 4 heteroatoms. The van der Waals surface area contributed by atoms with E-state index in [0.29, 0.717) is 0 Å². The molecule has 0 spiro atoms. The number of hydrogen-bond acceptors (Lipinski definition) is 3. The average molecular weight is 297 g/mol. The minimum Gasteiger partial charge on any atom is -0.381 e. The monoisotopic (exact) mass is 297 g/mol. The van der Waals surface area contributed by atoms with Crippen molar-refractivity contribution in [2.75, 3.05) is 26.3 Å². The largest absolute Gasteiger partial charge is 0.381 e. The number of hydrogen-bond donors (Lipinski definition) is 0. The molecule has 2 aliphatic heterocycles. The van der Waals surface area contributed by atoms with E-state index in [1.54, 1.807) is 0 Å². The minimum atomic E-state index is 0.800. The average Bonchev–Trinajstić information content (AvgIpc) is 3.30. The van der Waals surface area contributed by atoms with Crippen LogP contribution in [0.4, 0.5) is 0 Å². The van der Waals surface area contributed by atoms with Gasteiger partial charge in [0.2, 0.25) is 0 Å². The van der Waals surface area contributed by atoms with Crippen LogP contribution in [-0.4, -0.2) is 40.8 Å². The summed E-state index contributed by atoms with van der Waals surface area (Å²) >= 11 is 0. The molecule has 1 aromatic heterocycles. The van der Waals surface area contributed by atoms with E-state index in [1.807, 2.05) is 23.3 Å². The quantitative estimate of drug-likeness (QED) is 0.869. The van der Waals surface area contributed by atoms with Crippen molar-refractivity contribution < 1.29 is 4.74 Å². The van der Waals surface area contributed by atoms with Gasteiger partial charge in [0, 0.05) is 44.4 Å². The van der Waals surface area contributed by atoms with E-state index in [9.17, 15) is 0 Å². The van der Waals surface area contributed by atoms with E-state index in [1.165, 1.54) is 37.2 Å². The SMILES string of the molecule is c1cn(-c2ccc(CN3CCC(C4CCOC4)C3)cc2)cn1. The van der Waals surface area contributed by atoms with Crippen LogP contribution in [0.5, 0.6) is 0 Å². The first-order valence-electron chi connectivity index (χ1n) is 8.26. The predicted octanol–water partition coefficient (Wildman–Crippen LogP) is 2.73. The van der Waals surface area contributed by atoms with Gasteiger partial charge in [-0.1, -0.05) is 12.1 Å². The van der Waals surface area contributed by atoms with E-state index >= 15 is 0 Å². The Bertz CT molecular complexity index is 587. The molecule has 4 rings (SSSR count). The van der Waals surface area contributed by atoms with Gasteiger partial charge >= 0.3 is 0 Å². The number of aromatic nitrogens is 2. The summed E-state index contributed by atoms with van der Waals surface area (Å²) in [6.07, 6.45) is 8.22. The van der Waals surface area contributed by atoms with Gasteiger partial charge in [0.05, 0.1) is 6.33 Å². The van der Waals surface area contributed by atoms with E-state index in [-0.39, 0.29) is 0 Å². The Hall–Kier alpha value is -1.65. The molecule has 2 aromatic rings. The fourth-order valence-corrected chi connectivity index (χ4v) is 3.76. The topological polar surface area (TPSA) is 30.3 Å². The van der Waals surface area contributed by atoms with Gasteiger partial charge in [-0.05, 0) is 48.9 Å². The van der Waals surface area contributed by atoms with Crippen LogP contribution in [0.2, 0.25) is 0 Å². The maximum Gasteiger partial charge on any atom is 0.0991 e. The molecule has 0 aliphatic carbocycles. The zero-order chi connectivity index (χ0) is 14.8. The molecule has 2 atom stereocenters. The van der Waals surface area contributed by atoms with Crippen LogP contribution in [0.3, 0.4) is 0 Å². The number of benzene rings is 1. The van der Waals surface area contributed by atoms with Gasteiger partial charge in [0.15, 0.2) is 0 Å². The fourth-order valence-electron chi connectivity index (χ4n) is 3.76. The molecular formula is C18H23N3O. The normalized spacial score (nSPS) is 25.8. The van der Waals surface area contributed by atoms with Crippen molar-refractivity contribution in [1.82, 2.24) is 14.5 Å². The third-order valence-electron chi connectivity index (χ3n) is 5.09. The highest BCUT2D eigenvalue weighted by atomic mass is 16.5. The highest BCUT2D eigenvalue weighted by molar-refractivity contribution is 5.34. The molecule has 2 fully saturated rings. The van der Waals surface area contributed by atoms with E-state index in [2.05, 4.69) is 34.1 Å². The second kappa shape index (κ2) is 6.23. The summed E-state index contributed by atoms with van der Waals surface area (Å²) in [6, 6.07) is 8.83. The molecule has 2 aliphatic rings. The van der Waals surface area contributed by atoms with Crippen LogP contribution in [0.15, 0.2) is 43.0 Å². The third kappa shape index (κ3) is 2.94. The first-order chi connectivity index (χ1) is 10.9. The maximum atomic E-state index is 5.55. The van der Waals surface area contributed by atoms with Gasteiger partial charge in [-0.25, -0.2) is 4.98 Å². The van der Waals surface area contributed by atoms with Crippen molar-refractivity contribution in [2.45, 2.75) is 19.4 Å². The molecule has 116 valence electrons. The Labute approximate surface area is 131 Å². The van der Waals surface area contributed by atoms with Gasteiger partial charge in [0.1, 0.15) is 0 Å².